The van der Waals surface area contributed by atoms with Crippen LogP contribution in [0.4, 0.5) is 0 Å². The molecule has 1 aromatic carbocycles. The molecule has 0 aliphatic heterocycles. The summed E-state index contributed by atoms with van der Waals surface area (Å²) >= 11 is 1.96. The maximum atomic E-state index is 10.6. The van der Waals surface area contributed by atoms with Crippen LogP contribution in [0.1, 0.15) is 38.2 Å². The molecular formula is C16H25NOS. The Balaban J connectivity index is 1.93. The quantitative estimate of drug-likeness (QED) is 0.868. The van der Waals surface area contributed by atoms with Crippen LogP contribution >= 0.6 is 11.8 Å². The summed E-state index contributed by atoms with van der Waals surface area (Å²) in [6.07, 6.45) is 7.38. The number of nitrogens with one attached hydrogen (secondary N) is 1. The van der Waals surface area contributed by atoms with Crippen LogP contribution in [-0.2, 0) is 5.60 Å². The van der Waals surface area contributed by atoms with Crippen LogP contribution in [0, 0.1) is 0 Å². The second kappa shape index (κ2) is 6.78. The largest absolute Gasteiger partial charge is 0.384 e. The summed E-state index contributed by atoms with van der Waals surface area (Å²) in [5.74, 6) is 0. The third-order valence-electron chi connectivity index (χ3n) is 4.11. The van der Waals surface area contributed by atoms with E-state index in [2.05, 4.69) is 11.6 Å². The lowest BCUT2D eigenvalue weighted by Crippen LogP contribution is -2.46. The van der Waals surface area contributed by atoms with Crippen molar-refractivity contribution < 1.29 is 5.11 Å². The molecule has 1 aromatic rings. The monoisotopic (exact) mass is 279 g/mol. The van der Waals surface area contributed by atoms with Crippen molar-refractivity contribution in [1.29, 1.82) is 0 Å². The number of rotatable bonds is 5. The first-order valence-electron chi connectivity index (χ1n) is 7.17. The highest BCUT2D eigenvalue weighted by Gasteiger charge is 2.28. The van der Waals surface area contributed by atoms with Crippen LogP contribution in [0.2, 0.25) is 0 Å². The van der Waals surface area contributed by atoms with E-state index in [1.54, 1.807) is 0 Å². The zero-order chi connectivity index (χ0) is 13.7. The molecule has 3 atom stereocenters. The van der Waals surface area contributed by atoms with Gasteiger partial charge in [0.05, 0.1) is 5.60 Å². The number of aliphatic hydroxyl groups is 1. The Kier molecular flexibility index (Phi) is 5.31. The SMILES string of the molecule is CSC1CCCCC1NCC(C)(O)c1ccccc1. The maximum absolute atomic E-state index is 10.6. The molecule has 0 bridgehead atoms. The zero-order valence-electron chi connectivity index (χ0n) is 11.9. The Morgan fingerprint density at radius 3 is 2.63 bits per heavy atom. The van der Waals surface area contributed by atoms with Crippen LogP contribution in [0.3, 0.4) is 0 Å². The van der Waals surface area contributed by atoms with Crippen molar-refractivity contribution in [3.63, 3.8) is 0 Å². The second-order valence-corrected chi connectivity index (χ2v) is 6.76. The van der Waals surface area contributed by atoms with Gasteiger partial charge in [-0.05, 0) is 31.6 Å². The molecule has 2 rings (SSSR count). The maximum Gasteiger partial charge on any atom is 0.0992 e. The molecule has 0 spiro atoms. The Morgan fingerprint density at radius 2 is 1.95 bits per heavy atom. The molecule has 106 valence electrons. The normalized spacial score (nSPS) is 26.9. The lowest BCUT2D eigenvalue weighted by atomic mass is 9.92. The third kappa shape index (κ3) is 3.98. The Bertz CT molecular complexity index is 380. The van der Waals surface area contributed by atoms with Gasteiger partial charge in [-0.1, -0.05) is 43.2 Å². The van der Waals surface area contributed by atoms with Crippen LogP contribution in [0.15, 0.2) is 30.3 Å². The fraction of sp³-hybridized carbons (Fsp3) is 0.625. The Labute approximate surface area is 121 Å². The smallest absolute Gasteiger partial charge is 0.0992 e. The van der Waals surface area contributed by atoms with Crippen molar-refractivity contribution in [3.8, 4) is 0 Å². The first-order chi connectivity index (χ1) is 9.13. The van der Waals surface area contributed by atoms with Gasteiger partial charge in [-0.25, -0.2) is 0 Å². The van der Waals surface area contributed by atoms with E-state index in [9.17, 15) is 5.11 Å². The molecule has 2 N–H and O–H groups in total. The predicted molar refractivity (Wildman–Crippen MR) is 83.6 cm³/mol. The highest BCUT2D eigenvalue weighted by molar-refractivity contribution is 7.99. The van der Waals surface area contributed by atoms with Crippen LogP contribution < -0.4 is 5.32 Å². The van der Waals surface area contributed by atoms with E-state index >= 15 is 0 Å². The molecule has 0 heterocycles. The standard InChI is InChI=1S/C16H25NOS/c1-16(18,13-8-4-3-5-9-13)12-17-14-10-6-7-11-15(14)19-2/h3-5,8-9,14-15,17-18H,6-7,10-12H2,1-2H3. The Morgan fingerprint density at radius 1 is 1.26 bits per heavy atom. The molecule has 0 saturated heterocycles. The molecule has 3 heteroatoms. The number of hydrogen-bond acceptors (Lipinski definition) is 3. The first kappa shape index (κ1) is 14.9. The van der Waals surface area contributed by atoms with E-state index < -0.39 is 5.60 Å². The molecule has 0 amide bonds. The fourth-order valence-corrected chi connectivity index (χ4v) is 3.80. The molecule has 1 aliphatic rings. The van der Waals surface area contributed by atoms with Crippen LogP contribution in [-0.4, -0.2) is 29.2 Å². The van der Waals surface area contributed by atoms with E-state index in [1.165, 1.54) is 25.7 Å². The van der Waals surface area contributed by atoms with Gasteiger partial charge in [0.15, 0.2) is 0 Å². The highest BCUT2D eigenvalue weighted by atomic mass is 32.2. The van der Waals surface area contributed by atoms with Crippen molar-refractivity contribution in [2.45, 2.75) is 49.5 Å². The third-order valence-corrected chi connectivity index (χ3v) is 5.28. The van der Waals surface area contributed by atoms with E-state index in [-0.39, 0.29) is 0 Å². The summed E-state index contributed by atoms with van der Waals surface area (Å²) in [7, 11) is 0. The lowest BCUT2D eigenvalue weighted by molar-refractivity contribution is 0.0525. The number of thioether (sulfide) groups is 1. The first-order valence-corrected chi connectivity index (χ1v) is 8.46. The van der Waals surface area contributed by atoms with Crippen molar-refractivity contribution in [2.24, 2.45) is 0 Å². The summed E-state index contributed by atoms with van der Waals surface area (Å²) in [5.41, 5.74) is 0.195. The molecule has 0 radical (unpaired) electrons. The van der Waals surface area contributed by atoms with Crippen LogP contribution in [0.25, 0.3) is 0 Å². The summed E-state index contributed by atoms with van der Waals surface area (Å²) in [4.78, 5) is 0. The molecule has 1 aliphatic carbocycles. The van der Waals surface area contributed by atoms with Gasteiger partial charge in [0.25, 0.3) is 0 Å². The van der Waals surface area contributed by atoms with Gasteiger partial charge in [0.1, 0.15) is 0 Å². The van der Waals surface area contributed by atoms with E-state index in [1.807, 2.05) is 49.0 Å². The lowest BCUT2D eigenvalue weighted by Gasteiger charge is -2.34. The van der Waals surface area contributed by atoms with Gasteiger partial charge in [-0.2, -0.15) is 11.8 Å². The van der Waals surface area contributed by atoms with Crippen molar-refractivity contribution in [3.05, 3.63) is 35.9 Å². The molecular weight excluding hydrogens is 254 g/mol. The minimum Gasteiger partial charge on any atom is -0.384 e. The van der Waals surface area contributed by atoms with E-state index in [4.69, 9.17) is 0 Å². The summed E-state index contributed by atoms with van der Waals surface area (Å²) in [6.45, 7) is 2.52. The summed E-state index contributed by atoms with van der Waals surface area (Å²) < 4.78 is 0. The number of hydrogen-bond donors (Lipinski definition) is 2. The zero-order valence-corrected chi connectivity index (χ0v) is 12.7. The van der Waals surface area contributed by atoms with Crippen molar-refractivity contribution in [1.82, 2.24) is 5.32 Å². The van der Waals surface area contributed by atoms with Gasteiger partial charge in [0.2, 0.25) is 0 Å². The molecule has 3 unspecified atom stereocenters. The van der Waals surface area contributed by atoms with Gasteiger partial charge < -0.3 is 10.4 Å². The molecule has 0 aromatic heterocycles. The minimum atomic E-state index is -0.790. The summed E-state index contributed by atoms with van der Waals surface area (Å²) in [5, 5.41) is 14.9. The number of benzene rings is 1. The summed E-state index contributed by atoms with van der Waals surface area (Å²) in [6, 6.07) is 10.5. The van der Waals surface area contributed by atoms with E-state index in [0.29, 0.717) is 17.8 Å². The predicted octanol–water partition coefficient (Wildman–Crippen LogP) is 3.16. The second-order valence-electron chi connectivity index (χ2n) is 5.69. The average molecular weight is 279 g/mol. The average Bonchev–Trinajstić information content (AvgIpc) is 2.46. The van der Waals surface area contributed by atoms with Gasteiger partial charge >= 0.3 is 0 Å². The van der Waals surface area contributed by atoms with Crippen molar-refractivity contribution >= 4 is 11.8 Å². The Hall–Kier alpha value is -0.510. The minimum absolute atomic E-state index is 0.541. The highest BCUT2D eigenvalue weighted by Crippen LogP contribution is 2.28. The fourth-order valence-electron chi connectivity index (χ4n) is 2.84. The van der Waals surface area contributed by atoms with Crippen molar-refractivity contribution in [2.75, 3.05) is 12.8 Å². The topological polar surface area (TPSA) is 32.3 Å². The molecule has 1 fully saturated rings. The van der Waals surface area contributed by atoms with E-state index in [0.717, 1.165) is 5.56 Å². The molecule has 19 heavy (non-hydrogen) atoms. The van der Waals surface area contributed by atoms with Gasteiger partial charge in [-0.3, -0.25) is 0 Å². The molecule has 2 nitrogen and oxygen atoms in total. The molecule has 1 saturated carbocycles. The van der Waals surface area contributed by atoms with Crippen LogP contribution in [0.5, 0.6) is 0 Å². The van der Waals surface area contributed by atoms with Gasteiger partial charge in [-0.15, -0.1) is 0 Å². The van der Waals surface area contributed by atoms with Gasteiger partial charge in [0, 0.05) is 17.8 Å².